The summed E-state index contributed by atoms with van der Waals surface area (Å²) in [7, 11) is 2.97. The van der Waals surface area contributed by atoms with Crippen LogP contribution in [0.3, 0.4) is 0 Å². The van der Waals surface area contributed by atoms with Gasteiger partial charge in [-0.25, -0.2) is 9.59 Å². The second kappa shape index (κ2) is 10.9. The number of fused-ring (bicyclic) bond motifs is 1. The number of benzene rings is 1. The first-order chi connectivity index (χ1) is 15.4. The predicted molar refractivity (Wildman–Crippen MR) is 126 cm³/mol. The van der Waals surface area contributed by atoms with Crippen molar-refractivity contribution in [2.75, 3.05) is 27.4 Å². The van der Waals surface area contributed by atoms with Crippen molar-refractivity contribution in [1.29, 1.82) is 0 Å². The quantitative estimate of drug-likeness (QED) is 0.440. The molecule has 1 unspecified atom stereocenters. The van der Waals surface area contributed by atoms with E-state index in [4.69, 9.17) is 18.9 Å². The Morgan fingerprint density at radius 1 is 1.09 bits per heavy atom. The van der Waals surface area contributed by atoms with E-state index in [9.17, 15) is 9.59 Å². The number of hydrogen-bond donors (Lipinski definition) is 1. The van der Waals surface area contributed by atoms with Crippen LogP contribution in [0.4, 0.5) is 4.79 Å². The minimum atomic E-state index is -0.626. The van der Waals surface area contributed by atoms with Gasteiger partial charge in [0.05, 0.1) is 26.3 Å². The zero-order chi connectivity index (χ0) is 24.8. The molecule has 184 valence electrons. The maximum atomic E-state index is 12.7. The molecule has 0 aliphatic rings. The summed E-state index contributed by atoms with van der Waals surface area (Å²) in [5.74, 6) is 0.0545. The summed E-state index contributed by atoms with van der Waals surface area (Å²) in [5.41, 5.74) is -0.114. The van der Waals surface area contributed by atoms with Crippen molar-refractivity contribution in [3.63, 3.8) is 0 Å². The van der Waals surface area contributed by atoms with Crippen molar-refractivity contribution in [2.24, 2.45) is 5.41 Å². The fourth-order valence-electron chi connectivity index (χ4n) is 3.23. The van der Waals surface area contributed by atoms with Gasteiger partial charge in [-0.2, -0.15) is 5.10 Å². The van der Waals surface area contributed by atoms with E-state index < -0.39 is 17.7 Å². The molecule has 0 aliphatic carbocycles. The molecule has 0 aliphatic heterocycles. The van der Waals surface area contributed by atoms with Gasteiger partial charge in [0.25, 0.3) is 0 Å². The third-order valence-corrected chi connectivity index (χ3v) is 4.95. The number of aromatic nitrogens is 2. The fourth-order valence-corrected chi connectivity index (χ4v) is 3.23. The average Bonchev–Trinajstić information content (AvgIpc) is 3.07. The largest absolute Gasteiger partial charge is 0.491 e. The smallest absolute Gasteiger partial charge is 0.407 e. The Morgan fingerprint density at radius 2 is 1.79 bits per heavy atom. The summed E-state index contributed by atoms with van der Waals surface area (Å²) in [6.45, 7) is 12.7. The molecule has 0 bridgehead atoms. The van der Waals surface area contributed by atoms with Crippen molar-refractivity contribution in [3.8, 4) is 5.75 Å². The van der Waals surface area contributed by atoms with Gasteiger partial charge >= 0.3 is 12.1 Å². The number of ether oxygens (including phenoxy) is 4. The maximum absolute atomic E-state index is 12.7. The van der Waals surface area contributed by atoms with Gasteiger partial charge in [-0.1, -0.05) is 32.9 Å². The van der Waals surface area contributed by atoms with Crippen LogP contribution in [-0.2, 0) is 20.8 Å². The third-order valence-electron chi connectivity index (χ3n) is 4.95. The Balaban J connectivity index is 2.43. The zero-order valence-electron chi connectivity index (χ0n) is 21.0. The topological polar surface area (TPSA) is 101 Å². The molecule has 2 aromatic rings. The number of nitrogens with one attached hydrogen (secondary N) is 1. The van der Waals surface area contributed by atoms with Gasteiger partial charge in [0.15, 0.2) is 5.69 Å². The predicted octanol–water partition coefficient (Wildman–Crippen LogP) is 4.18. The van der Waals surface area contributed by atoms with Gasteiger partial charge in [-0.3, -0.25) is 4.68 Å². The van der Waals surface area contributed by atoms with Crippen LogP contribution < -0.4 is 10.1 Å². The molecule has 1 N–H and O–H groups in total. The fraction of sp³-hybridized carbons (Fsp3) is 0.625. The van der Waals surface area contributed by atoms with Crippen LogP contribution in [0.2, 0.25) is 0 Å². The van der Waals surface area contributed by atoms with E-state index >= 15 is 0 Å². The summed E-state index contributed by atoms with van der Waals surface area (Å²) in [5, 5.41) is 8.24. The Bertz CT molecular complexity index is 955. The summed E-state index contributed by atoms with van der Waals surface area (Å²) in [6.07, 6.45) is 0.199. The number of methoxy groups -OCH3 is 2. The number of carbonyl (C=O) groups is 2. The summed E-state index contributed by atoms with van der Waals surface area (Å²) < 4.78 is 23.0. The third kappa shape index (κ3) is 7.35. The molecule has 1 aromatic heterocycles. The number of hydrogen-bond acceptors (Lipinski definition) is 7. The lowest BCUT2D eigenvalue weighted by atomic mass is 9.86. The molecule has 1 atom stereocenters. The molecule has 9 nitrogen and oxygen atoms in total. The van der Waals surface area contributed by atoms with Crippen LogP contribution in [0, 0.1) is 5.41 Å². The van der Waals surface area contributed by atoms with Crippen molar-refractivity contribution in [2.45, 2.75) is 66.2 Å². The van der Waals surface area contributed by atoms with E-state index in [0.717, 1.165) is 6.42 Å². The van der Waals surface area contributed by atoms with Crippen LogP contribution in [0.1, 0.15) is 58.5 Å². The second-order valence-corrected chi connectivity index (χ2v) is 9.93. The number of nitrogens with zero attached hydrogens (tertiary/aromatic N) is 2. The maximum Gasteiger partial charge on any atom is 0.407 e. The number of rotatable bonds is 9. The van der Waals surface area contributed by atoms with Crippen LogP contribution in [-0.4, -0.2) is 60.9 Å². The highest BCUT2D eigenvalue weighted by Gasteiger charge is 2.31. The Labute approximate surface area is 195 Å². The van der Waals surface area contributed by atoms with Gasteiger partial charge in [-0.05, 0) is 32.3 Å². The molecule has 1 heterocycles. The number of alkyl carbamates (subject to hydrolysis) is 1. The molecule has 33 heavy (non-hydrogen) atoms. The molecule has 9 heteroatoms. The van der Waals surface area contributed by atoms with E-state index in [2.05, 4.69) is 10.4 Å². The van der Waals surface area contributed by atoms with E-state index in [-0.39, 0.29) is 18.0 Å². The SMILES string of the molecule is COCCCOc1cccc2c(C(=O)OC)n(CC(NC(=O)OC(C)(C)C)C(C)(C)C)nc12. The summed E-state index contributed by atoms with van der Waals surface area (Å²) >= 11 is 0. The Morgan fingerprint density at radius 3 is 2.36 bits per heavy atom. The van der Waals surface area contributed by atoms with Crippen LogP contribution in [0.25, 0.3) is 10.9 Å². The Kier molecular flexibility index (Phi) is 8.71. The molecular formula is C24H37N3O6. The van der Waals surface area contributed by atoms with Gasteiger partial charge in [0.1, 0.15) is 16.9 Å². The lowest BCUT2D eigenvalue weighted by Crippen LogP contribution is -2.48. The van der Waals surface area contributed by atoms with Crippen LogP contribution in [0.15, 0.2) is 18.2 Å². The first-order valence-electron chi connectivity index (χ1n) is 11.1. The van der Waals surface area contributed by atoms with Gasteiger partial charge in [0.2, 0.25) is 0 Å². The lowest BCUT2D eigenvalue weighted by Gasteiger charge is -2.32. The standard InChI is InChI=1S/C24H37N3O6/c1-23(2,3)18(25-22(29)33-24(4,5)6)15-27-20(21(28)31-8)16-11-9-12-17(19(16)26-27)32-14-10-13-30-7/h9,11-12,18H,10,13-15H2,1-8H3,(H,25,29). The number of esters is 1. The van der Waals surface area contributed by atoms with Crippen molar-refractivity contribution in [3.05, 3.63) is 23.9 Å². The number of carbonyl (C=O) groups excluding carboxylic acids is 2. The molecule has 0 saturated carbocycles. The van der Waals surface area contributed by atoms with Crippen molar-refractivity contribution in [1.82, 2.24) is 15.1 Å². The molecule has 0 spiro atoms. The average molecular weight is 464 g/mol. The first-order valence-corrected chi connectivity index (χ1v) is 11.1. The van der Waals surface area contributed by atoms with E-state index in [1.807, 2.05) is 53.7 Å². The van der Waals surface area contributed by atoms with Gasteiger partial charge in [0, 0.05) is 25.5 Å². The molecule has 0 fully saturated rings. The molecule has 0 saturated heterocycles. The lowest BCUT2D eigenvalue weighted by molar-refractivity contribution is 0.0451. The van der Waals surface area contributed by atoms with Gasteiger partial charge in [-0.15, -0.1) is 0 Å². The first kappa shape index (κ1) is 26.4. The molecule has 1 amide bonds. The van der Waals surface area contributed by atoms with Crippen LogP contribution in [0.5, 0.6) is 5.75 Å². The van der Waals surface area contributed by atoms with Crippen molar-refractivity contribution < 1.29 is 28.5 Å². The van der Waals surface area contributed by atoms with E-state index in [0.29, 0.717) is 35.6 Å². The zero-order valence-corrected chi connectivity index (χ0v) is 21.0. The van der Waals surface area contributed by atoms with Crippen molar-refractivity contribution >= 4 is 23.0 Å². The second-order valence-electron chi connectivity index (χ2n) is 9.93. The van der Waals surface area contributed by atoms with E-state index in [1.165, 1.54) is 7.11 Å². The Hall–Kier alpha value is -2.81. The molecule has 1 aromatic carbocycles. The molecular weight excluding hydrogens is 426 g/mol. The summed E-state index contributed by atoms with van der Waals surface area (Å²) in [4.78, 5) is 25.2. The molecule has 2 rings (SSSR count). The highest BCUT2D eigenvalue weighted by Crippen LogP contribution is 2.30. The molecule has 0 radical (unpaired) electrons. The minimum Gasteiger partial charge on any atom is -0.491 e. The summed E-state index contributed by atoms with van der Waals surface area (Å²) in [6, 6.07) is 5.05. The van der Waals surface area contributed by atoms with Gasteiger partial charge < -0.3 is 24.3 Å². The van der Waals surface area contributed by atoms with E-state index in [1.54, 1.807) is 17.9 Å². The normalized spacial score (nSPS) is 13.0. The number of amides is 1. The highest BCUT2D eigenvalue weighted by molar-refractivity contribution is 6.03. The van der Waals surface area contributed by atoms with Crippen LogP contribution >= 0.6 is 0 Å². The minimum absolute atomic E-state index is 0.241. The monoisotopic (exact) mass is 463 g/mol. The highest BCUT2D eigenvalue weighted by atomic mass is 16.6.